The molecule has 0 bridgehead atoms. The molecule has 0 amide bonds. The maximum atomic E-state index is 5.85. The fourth-order valence-corrected chi connectivity index (χ4v) is 2.57. The van der Waals surface area contributed by atoms with Gasteiger partial charge in [0.2, 0.25) is 0 Å². The largest absolute Gasteiger partial charge is 0.488 e. The minimum absolute atomic E-state index is 0.383. The third-order valence-corrected chi connectivity index (χ3v) is 3.34. The molecule has 18 heavy (non-hydrogen) atoms. The zero-order valence-electron chi connectivity index (χ0n) is 9.93. The molecule has 4 heteroatoms. The number of hydrogen-bond donors (Lipinski definition) is 1. The lowest BCUT2D eigenvalue weighted by atomic mass is 9.92. The van der Waals surface area contributed by atoms with Gasteiger partial charge in [0.05, 0.1) is 0 Å². The molecule has 0 saturated heterocycles. The third kappa shape index (κ3) is 1.57. The highest BCUT2D eigenvalue weighted by atomic mass is 32.1. The highest BCUT2D eigenvalue weighted by Crippen LogP contribution is 2.39. The second-order valence-electron chi connectivity index (χ2n) is 4.27. The molecule has 2 aromatic rings. The van der Waals surface area contributed by atoms with Crippen molar-refractivity contribution in [1.29, 1.82) is 0 Å². The number of benzene rings is 1. The van der Waals surface area contributed by atoms with Gasteiger partial charge in [0, 0.05) is 34.1 Å². The van der Waals surface area contributed by atoms with E-state index in [-0.39, 0.29) is 0 Å². The third-order valence-electron chi connectivity index (χ3n) is 3.13. The van der Waals surface area contributed by atoms with Crippen molar-refractivity contribution < 1.29 is 4.74 Å². The second kappa shape index (κ2) is 4.07. The van der Waals surface area contributed by atoms with Crippen molar-refractivity contribution in [3.63, 3.8) is 0 Å². The summed E-state index contributed by atoms with van der Waals surface area (Å²) in [5.74, 6) is 0.869. The molecule has 1 aromatic carbocycles. The van der Waals surface area contributed by atoms with Gasteiger partial charge in [0.15, 0.2) is 0 Å². The number of nitrogens with two attached hydrogens (primary N) is 1. The zero-order valence-corrected chi connectivity index (χ0v) is 10.8. The number of aromatic nitrogens is 1. The minimum atomic E-state index is 0.383. The van der Waals surface area contributed by atoms with Gasteiger partial charge in [-0.05, 0) is 13.0 Å². The SMILES string of the molecule is Cc1ncc2c(c1C(N)=S)-c1ccccc1OC2. The van der Waals surface area contributed by atoms with Crippen LogP contribution in [0.5, 0.6) is 5.75 Å². The Morgan fingerprint density at radius 3 is 2.94 bits per heavy atom. The fourth-order valence-electron chi connectivity index (χ4n) is 2.32. The Bertz CT molecular complexity index is 652. The number of pyridine rings is 1. The van der Waals surface area contributed by atoms with Crippen LogP contribution < -0.4 is 10.5 Å². The van der Waals surface area contributed by atoms with Crippen LogP contribution in [0.25, 0.3) is 11.1 Å². The number of rotatable bonds is 1. The predicted octanol–water partition coefficient (Wildman–Crippen LogP) is 2.58. The van der Waals surface area contributed by atoms with Gasteiger partial charge in [-0.1, -0.05) is 30.4 Å². The van der Waals surface area contributed by atoms with Crippen LogP contribution in [-0.2, 0) is 6.61 Å². The summed E-state index contributed by atoms with van der Waals surface area (Å²) in [5.41, 5.74) is 10.7. The second-order valence-corrected chi connectivity index (χ2v) is 4.71. The van der Waals surface area contributed by atoms with Crippen molar-refractivity contribution in [2.45, 2.75) is 13.5 Å². The Morgan fingerprint density at radius 1 is 1.39 bits per heavy atom. The molecule has 0 spiro atoms. The van der Waals surface area contributed by atoms with Crippen molar-refractivity contribution in [2.24, 2.45) is 5.73 Å². The molecule has 1 aliphatic heterocycles. The summed E-state index contributed by atoms with van der Waals surface area (Å²) in [7, 11) is 0. The maximum Gasteiger partial charge on any atom is 0.127 e. The number of thiocarbonyl (C=S) groups is 1. The summed E-state index contributed by atoms with van der Waals surface area (Å²) in [5, 5.41) is 0. The number of fused-ring (bicyclic) bond motifs is 3. The Balaban J connectivity index is 2.37. The number of hydrogen-bond acceptors (Lipinski definition) is 3. The van der Waals surface area contributed by atoms with Crippen LogP contribution in [0.4, 0.5) is 0 Å². The highest BCUT2D eigenvalue weighted by molar-refractivity contribution is 7.80. The first kappa shape index (κ1) is 11.2. The molecular formula is C14H12N2OS. The molecule has 3 nitrogen and oxygen atoms in total. The zero-order chi connectivity index (χ0) is 12.7. The van der Waals surface area contributed by atoms with E-state index in [2.05, 4.69) is 4.98 Å². The summed E-state index contributed by atoms with van der Waals surface area (Å²) in [6.07, 6.45) is 1.84. The van der Waals surface area contributed by atoms with E-state index in [4.69, 9.17) is 22.7 Å². The molecule has 0 saturated carbocycles. The average Bonchev–Trinajstić information content (AvgIpc) is 2.38. The predicted molar refractivity (Wildman–Crippen MR) is 74.6 cm³/mol. The summed E-state index contributed by atoms with van der Waals surface area (Å²) < 4.78 is 5.70. The number of para-hydroxylation sites is 1. The van der Waals surface area contributed by atoms with Gasteiger partial charge in [-0.25, -0.2) is 0 Å². The van der Waals surface area contributed by atoms with Gasteiger partial charge in [0.1, 0.15) is 17.3 Å². The van der Waals surface area contributed by atoms with E-state index in [1.807, 2.05) is 37.4 Å². The van der Waals surface area contributed by atoms with Crippen molar-refractivity contribution in [1.82, 2.24) is 4.98 Å². The lowest BCUT2D eigenvalue weighted by Gasteiger charge is -2.23. The van der Waals surface area contributed by atoms with E-state index in [1.165, 1.54) is 0 Å². The lowest BCUT2D eigenvalue weighted by molar-refractivity contribution is 0.301. The van der Waals surface area contributed by atoms with Crippen LogP contribution in [0.2, 0.25) is 0 Å². The lowest BCUT2D eigenvalue weighted by Crippen LogP contribution is -2.18. The Morgan fingerprint density at radius 2 is 2.17 bits per heavy atom. The Hall–Kier alpha value is -1.94. The smallest absolute Gasteiger partial charge is 0.127 e. The van der Waals surface area contributed by atoms with Gasteiger partial charge in [-0.3, -0.25) is 4.98 Å². The molecule has 0 radical (unpaired) electrons. The molecule has 0 atom stereocenters. The van der Waals surface area contributed by atoms with E-state index in [0.717, 1.165) is 33.7 Å². The van der Waals surface area contributed by atoms with Gasteiger partial charge in [-0.2, -0.15) is 0 Å². The first-order valence-corrected chi connectivity index (χ1v) is 6.10. The quantitative estimate of drug-likeness (QED) is 0.797. The molecule has 0 aliphatic carbocycles. The highest BCUT2D eigenvalue weighted by Gasteiger charge is 2.22. The van der Waals surface area contributed by atoms with Crippen molar-refractivity contribution in [3.8, 4) is 16.9 Å². The summed E-state index contributed by atoms with van der Waals surface area (Å²) >= 11 is 5.16. The molecule has 2 N–H and O–H groups in total. The van der Waals surface area contributed by atoms with Crippen LogP contribution >= 0.6 is 12.2 Å². The molecule has 1 aromatic heterocycles. The fraction of sp³-hybridized carbons (Fsp3) is 0.143. The summed E-state index contributed by atoms with van der Waals surface area (Å²) in [6, 6.07) is 7.92. The number of nitrogens with zero attached hydrogens (tertiary/aromatic N) is 1. The van der Waals surface area contributed by atoms with Gasteiger partial charge in [-0.15, -0.1) is 0 Å². The average molecular weight is 256 g/mol. The number of aryl methyl sites for hydroxylation is 1. The van der Waals surface area contributed by atoms with E-state index in [1.54, 1.807) is 0 Å². The van der Waals surface area contributed by atoms with Crippen LogP contribution in [0, 0.1) is 6.92 Å². The van der Waals surface area contributed by atoms with E-state index in [0.29, 0.717) is 11.6 Å². The topological polar surface area (TPSA) is 48.1 Å². The van der Waals surface area contributed by atoms with Gasteiger partial charge >= 0.3 is 0 Å². The van der Waals surface area contributed by atoms with Crippen LogP contribution in [0.1, 0.15) is 16.8 Å². The van der Waals surface area contributed by atoms with E-state index < -0.39 is 0 Å². The van der Waals surface area contributed by atoms with Crippen molar-refractivity contribution >= 4 is 17.2 Å². The Labute approximate surface area is 111 Å². The van der Waals surface area contributed by atoms with Crippen molar-refractivity contribution in [2.75, 3.05) is 0 Å². The van der Waals surface area contributed by atoms with E-state index in [9.17, 15) is 0 Å². The maximum absolute atomic E-state index is 5.85. The number of ether oxygens (including phenoxy) is 1. The van der Waals surface area contributed by atoms with Crippen LogP contribution in [0.15, 0.2) is 30.5 Å². The minimum Gasteiger partial charge on any atom is -0.488 e. The monoisotopic (exact) mass is 256 g/mol. The standard InChI is InChI=1S/C14H12N2OS/c1-8-12(14(15)18)13-9(6-16-8)7-17-11-5-3-2-4-10(11)13/h2-6H,7H2,1H3,(H2,15,18). The Kier molecular flexibility index (Phi) is 2.52. The first-order chi connectivity index (χ1) is 8.68. The summed E-state index contributed by atoms with van der Waals surface area (Å²) in [4.78, 5) is 4.72. The van der Waals surface area contributed by atoms with Gasteiger partial charge < -0.3 is 10.5 Å². The van der Waals surface area contributed by atoms with Crippen LogP contribution in [-0.4, -0.2) is 9.97 Å². The molecule has 1 aliphatic rings. The normalized spacial score (nSPS) is 12.3. The molecular weight excluding hydrogens is 244 g/mol. The van der Waals surface area contributed by atoms with E-state index >= 15 is 0 Å². The molecule has 3 rings (SSSR count). The summed E-state index contributed by atoms with van der Waals surface area (Å²) in [6.45, 7) is 2.43. The van der Waals surface area contributed by atoms with Gasteiger partial charge in [0.25, 0.3) is 0 Å². The molecule has 0 unspecified atom stereocenters. The molecule has 0 fully saturated rings. The molecule has 2 heterocycles. The van der Waals surface area contributed by atoms with Crippen LogP contribution in [0.3, 0.4) is 0 Å². The van der Waals surface area contributed by atoms with Crippen molar-refractivity contribution in [3.05, 3.63) is 47.3 Å². The first-order valence-electron chi connectivity index (χ1n) is 5.69. The molecule has 90 valence electrons.